The zero-order chi connectivity index (χ0) is 15.7. The van der Waals surface area contributed by atoms with Crippen LogP contribution in [0.4, 0.5) is 0 Å². The molecule has 0 spiro atoms. The molecular weight excluding hydrogens is 304 g/mol. The lowest BCUT2D eigenvalue weighted by Gasteiger charge is -2.10. The number of halogens is 1. The molecule has 0 aliphatic heterocycles. The van der Waals surface area contributed by atoms with Crippen molar-refractivity contribution in [1.82, 2.24) is 9.97 Å². The molecule has 5 nitrogen and oxygen atoms in total. The highest BCUT2D eigenvalue weighted by molar-refractivity contribution is 6.31. The summed E-state index contributed by atoms with van der Waals surface area (Å²) in [5.74, 6) is -0.657. The van der Waals surface area contributed by atoms with E-state index in [4.69, 9.17) is 16.3 Å². The fourth-order valence-corrected chi connectivity index (χ4v) is 2.52. The molecule has 0 bridgehead atoms. The number of rotatable bonds is 3. The van der Waals surface area contributed by atoms with Crippen LogP contribution in [-0.4, -0.2) is 22.5 Å². The maximum atomic E-state index is 12.7. The highest BCUT2D eigenvalue weighted by Gasteiger charge is 2.21. The van der Waals surface area contributed by atoms with Crippen LogP contribution in [0.5, 0.6) is 0 Å². The van der Waals surface area contributed by atoms with Gasteiger partial charge in [0.1, 0.15) is 5.56 Å². The summed E-state index contributed by atoms with van der Waals surface area (Å²) in [6.07, 6.45) is 1.72. The molecule has 112 valence electrons. The summed E-state index contributed by atoms with van der Waals surface area (Å²) in [5, 5.41) is 0.784. The SMILES string of the molecule is CCOC(=O)c1c(-c2ccc[nH]2)[nH]c2ccc(Cl)cc2c1=O. The number of pyridine rings is 1. The van der Waals surface area contributed by atoms with Gasteiger partial charge < -0.3 is 14.7 Å². The van der Waals surface area contributed by atoms with Gasteiger partial charge in [0, 0.05) is 22.1 Å². The van der Waals surface area contributed by atoms with Crippen LogP contribution in [-0.2, 0) is 4.74 Å². The Bertz CT molecular complexity index is 898. The molecule has 0 aliphatic carbocycles. The van der Waals surface area contributed by atoms with Gasteiger partial charge in [-0.2, -0.15) is 0 Å². The molecule has 1 aromatic carbocycles. The Morgan fingerprint density at radius 1 is 1.32 bits per heavy atom. The first-order chi connectivity index (χ1) is 10.6. The van der Waals surface area contributed by atoms with Gasteiger partial charge in [-0.15, -0.1) is 0 Å². The molecule has 22 heavy (non-hydrogen) atoms. The highest BCUT2D eigenvalue weighted by Crippen LogP contribution is 2.23. The molecule has 0 fully saturated rings. The third-order valence-electron chi connectivity index (χ3n) is 3.31. The zero-order valence-corrected chi connectivity index (χ0v) is 12.5. The summed E-state index contributed by atoms with van der Waals surface area (Å²) < 4.78 is 5.02. The van der Waals surface area contributed by atoms with E-state index in [1.165, 1.54) is 6.07 Å². The van der Waals surface area contributed by atoms with Crippen LogP contribution in [0.1, 0.15) is 17.3 Å². The number of hydrogen-bond donors (Lipinski definition) is 2. The van der Waals surface area contributed by atoms with Crippen molar-refractivity contribution >= 4 is 28.5 Å². The third kappa shape index (κ3) is 2.40. The monoisotopic (exact) mass is 316 g/mol. The molecule has 0 amide bonds. The third-order valence-corrected chi connectivity index (χ3v) is 3.54. The zero-order valence-electron chi connectivity index (χ0n) is 11.8. The number of H-pyrrole nitrogens is 2. The van der Waals surface area contributed by atoms with Gasteiger partial charge >= 0.3 is 5.97 Å². The summed E-state index contributed by atoms with van der Waals surface area (Å²) in [5.41, 5.74) is 1.21. The van der Waals surface area contributed by atoms with Gasteiger partial charge in [0.2, 0.25) is 5.43 Å². The van der Waals surface area contributed by atoms with Crippen LogP contribution in [0.2, 0.25) is 5.02 Å². The normalized spacial score (nSPS) is 10.8. The fraction of sp³-hybridized carbons (Fsp3) is 0.125. The fourth-order valence-electron chi connectivity index (χ4n) is 2.34. The van der Waals surface area contributed by atoms with E-state index >= 15 is 0 Å². The minimum absolute atomic E-state index is 0.0286. The molecule has 0 saturated carbocycles. The number of fused-ring (bicyclic) bond motifs is 1. The largest absolute Gasteiger partial charge is 0.462 e. The van der Waals surface area contributed by atoms with E-state index in [0.29, 0.717) is 27.3 Å². The summed E-state index contributed by atoms with van der Waals surface area (Å²) in [4.78, 5) is 31.0. The Morgan fingerprint density at radius 3 is 2.82 bits per heavy atom. The first-order valence-corrected chi connectivity index (χ1v) is 7.16. The number of ether oxygens (including phenoxy) is 1. The smallest absolute Gasteiger partial charge is 0.344 e. The second kappa shape index (κ2) is 5.69. The van der Waals surface area contributed by atoms with Crippen LogP contribution in [0.3, 0.4) is 0 Å². The van der Waals surface area contributed by atoms with E-state index < -0.39 is 11.4 Å². The standard InChI is InChI=1S/C16H13ClN2O3/c1-2-22-16(21)13-14(12-4-3-7-18-12)19-11-6-5-9(17)8-10(11)15(13)20/h3-8,18H,2H2,1H3,(H,19,20). The molecule has 0 saturated heterocycles. The molecule has 3 aromatic rings. The van der Waals surface area contributed by atoms with Gasteiger partial charge in [0.15, 0.2) is 0 Å². The molecule has 2 heterocycles. The molecule has 6 heteroatoms. The summed E-state index contributed by atoms with van der Waals surface area (Å²) >= 11 is 5.95. The summed E-state index contributed by atoms with van der Waals surface area (Å²) in [6.45, 7) is 1.88. The average Bonchev–Trinajstić information content (AvgIpc) is 3.02. The predicted molar refractivity (Wildman–Crippen MR) is 85.3 cm³/mol. The molecule has 0 atom stereocenters. The van der Waals surface area contributed by atoms with Crippen LogP contribution in [0, 0.1) is 0 Å². The van der Waals surface area contributed by atoms with Crippen molar-refractivity contribution < 1.29 is 9.53 Å². The van der Waals surface area contributed by atoms with E-state index in [0.717, 1.165) is 0 Å². The lowest BCUT2D eigenvalue weighted by atomic mass is 10.1. The van der Waals surface area contributed by atoms with E-state index in [9.17, 15) is 9.59 Å². The number of hydrogen-bond acceptors (Lipinski definition) is 3. The van der Waals surface area contributed by atoms with Crippen LogP contribution in [0.25, 0.3) is 22.3 Å². The second-order valence-corrected chi connectivity index (χ2v) is 5.13. The van der Waals surface area contributed by atoms with Crippen molar-refractivity contribution in [3.63, 3.8) is 0 Å². The van der Waals surface area contributed by atoms with Gasteiger partial charge in [-0.25, -0.2) is 4.79 Å². The predicted octanol–water partition coefficient (Wildman–Crippen LogP) is 3.35. The van der Waals surface area contributed by atoms with E-state index in [1.54, 1.807) is 37.4 Å². The van der Waals surface area contributed by atoms with Crippen molar-refractivity contribution in [3.05, 3.63) is 57.3 Å². The number of esters is 1. The summed E-state index contributed by atoms with van der Waals surface area (Å²) in [6, 6.07) is 8.49. The molecular formula is C16H13ClN2O3. The van der Waals surface area contributed by atoms with Crippen LogP contribution >= 0.6 is 11.6 Å². The molecule has 3 rings (SSSR count). The summed E-state index contributed by atoms with van der Waals surface area (Å²) in [7, 11) is 0. The Morgan fingerprint density at radius 2 is 2.14 bits per heavy atom. The van der Waals surface area contributed by atoms with Crippen LogP contribution < -0.4 is 5.43 Å². The van der Waals surface area contributed by atoms with Crippen molar-refractivity contribution in [2.45, 2.75) is 6.92 Å². The van der Waals surface area contributed by atoms with Crippen molar-refractivity contribution in [1.29, 1.82) is 0 Å². The second-order valence-electron chi connectivity index (χ2n) is 4.70. The number of nitrogens with one attached hydrogen (secondary N) is 2. The first kappa shape index (κ1) is 14.4. The maximum absolute atomic E-state index is 12.7. The highest BCUT2D eigenvalue weighted by atomic mass is 35.5. The molecule has 2 N–H and O–H groups in total. The minimum Gasteiger partial charge on any atom is -0.462 e. The number of aromatic nitrogens is 2. The van der Waals surface area contributed by atoms with Gasteiger partial charge in [0.05, 0.1) is 18.0 Å². The Hall–Kier alpha value is -2.53. The topological polar surface area (TPSA) is 75.0 Å². The van der Waals surface area contributed by atoms with Gasteiger partial charge in [-0.3, -0.25) is 4.79 Å². The van der Waals surface area contributed by atoms with Gasteiger partial charge in [-0.05, 0) is 37.3 Å². The van der Waals surface area contributed by atoms with Crippen molar-refractivity contribution in [3.8, 4) is 11.4 Å². The first-order valence-electron chi connectivity index (χ1n) is 6.78. The number of carbonyl (C=O) groups excluding carboxylic acids is 1. The van der Waals surface area contributed by atoms with Gasteiger partial charge in [0.25, 0.3) is 0 Å². The Kier molecular flexibility index (Phi) is 3.73. The Labute approximate surface area is 130 Å². The number of carbonyl (C=O) groups is 1. The lowest BCUT2D eigenvalue weighted by Crippen LogP contribution is -2.20. The van der Waals surface area contributed by atoms with Crippen molar-refractivity contribution in [2.24, 2.45) is 0 Å². The van der Waals surface area contributed by atoms with E-state index in [1.807, 2.05) is 0 Å². The van der Waals surface area contributed by atoms with Crippen LogP contribution in [0.15, 0.2) is 41.3 Å². The lowest BCUT2D eigenvalue weighted by molar-refractivity contribution is 0.0525. The molecule has 0 aliphatic rings. The van der Waals surface area contributed by atoms with Gasteiger partial charge in [-0.1, -0.05) is 11.6 Å². The van der Waals surface area contributed by atoms with E-state index in [-0.39, 0.29) is 12.2 Å². The van der Waals surface area contributed by atoms with Crippen molar-refractivity contribution in [2.75, 3.05) is 6.61 Å². The maximum Gasteiger partial charge on any atom is 0.344 e. The molecule has 2 aromatic heterocycles. The quantitative estimate of drug-likeness (QED) is 0.728. The Balaban J connectivity index is 2.37. The number of aromatic amines is 2. The minimum atomic E-state index is -0.657. The molecule has 0 unspecified atom stereocenters. The number of benzene rings is 1. The average molecular weight is 317 g/mol. The van der Waals surface area contributed by atoms with E-state index in [2.05, 4.69) is 9.97 Å². The molecule has 0 radical (unpaired) electrons.